The monoisotopic (exact) mass is 309 g/mol. The van der Waals surface area contributed by atoms with Crippen molar-refractivity contribution in [3.63, 3.8) is 0 Å². The molecule has 2 N–H and O–H groups in total. The van der Waals surface area contributed by atoms with Gasteiger partial charge < -0.3 is 20.1 Å². The maximum absolute atomic E-state index is 10.0. The second kappa shape index (κ2) is 7.18. The fourth-order valence-corrected chi connectivity index (χ4v) is 3.53. The van der Waals surface area contributed by atoms with Crippen LogP contribution in [0.5, 0.6) is 0 Å². The number of aliphatic hydroxyl groups excluding tert-OH is 1. The van der Waals surface area contributed by atoms with E-state index in [2.05, 4.69) is 22.1 Å². The van der Waals surface area contributed by atoms with Crippen LogP contribution in [0, 0.1) is 11.3 Å². The SMILES string of the molecule is CCNC(=NCC(O)COCC1CC1)N1CCC2(CCC2)C1. The van der Waals surface area contributed by atoms with E-state index in [1.807, 2.05) is 0 Å². The van der Waals surface area contributed by atoms with Crippen LogP contribution in [0.4, 0.5) is 0 Å². The molecule has 3 fully saturated rings. The van der Waals surface area contributed by atoms with Crippen LogP contribution in [-0.2, 0) is 4.74 Å². The quantitative estimate of drug-likeness (QED) is 0.554. The first-order chi connectivity index (χ1) is 10.7. The van der Waals surface area contributed by atoms with E-state index in [-0.39, 0.29) is 0 Å². The van der Waals surface area contributed by atoms with E-state index < -0.39 is 6.10 Å². The smallest absolute Gasteiger partial charge is 0.194 e. The fraction of sp³-hybridized carbons (Fsp3) is 0.941. The molecule has 5 heteroatoms. The van der Waals surface area contributed by atoms with Gasteiger partial charge in [0.25, 0.3) is 0 Å². The largest absolute Gasteiger partial charge is 0.389 e. The summed E-state index contributed by atoms with van der Waals surface area (Å²) in [6, 6.07) is 0. The van der Waals surface area contributed by atoms with Crippen molar-refractivity contribution < 1.29 is 9.84 Å². The van der Waals surface area contributed by atoms with E-state index in [4.69, 9.17) is 4.74 Å². The number of rotatable bonds is 7. The summed E-state index contributed by atoms with van der Waals surface area (Å²) in [6.45, 7) is 6.83. The number of hydrogen-bond acceptors (Lipinski definition) is 3. The van der Waals surface area contributed by atoms with Crippen molar-refractivity contribution in [1.82, 2.24) is 10.2 Å². The number of nitrogens with one attached hydrogen (secondary N) is 1. The van der Waals surface area contributed by atoms with Gasteiger partial charge in [-0.1, -0.05) is 6.42 Å². The lowest BCUT2D eigenvalue weighted by Crippen LogP contribution is -2.43. The molecular formula is C17H31N3O2. The molecule has 1 spiro atoms. The molecule has 0 aromatic rings. The number of guanidine groups is 1. The number of aliphatic imine (C=N–C) groups is 1. The summed E-state index contributed by atoms with van der Waals surface area (Å²) in [5.41, 5.74) is 0.572. The van der Waals surface area contributed by atoms with Gasteiger partial charge in [-0.05, 0) is 50.4 Å². The topological polar surface area (TPSA) is 57.1 Å². The Hall–Kier alpha value is -0.810. The van der Waals surface area contributed by atoms with E-state index in [0.717, 1.165) is 38.1 Å². The van der Waals surface area contributed by atoms with Crippen LogP contribution < -0.4 is 5.32 Å². The normalized spacial score (nSPS) is 25.4. The van der Waals surface area contributed by atoms with Gasteiger partial charge in [-0.15, -0.1) is 0 Å². The Labute approximate surface area is 134 Å². The van der Waals surface area contributed by atoms with Crippen LogP contribution in [0.1, 0.15) is 45.4 Å². The van der Waals surface area contributed by atoms with Gasteiger partial charge in [-0.2, -0.15) is 0 Å². The lowest BCUT2D eigenvalue weighted by atomic mass is 9.68. The zero-order valence-corrected chi connectivity index (χ0v) is 13.9. The van der Waals surface area contributed by atoms with Crippen LogP contribution in [0.2, 0.25) is 0 Å². The van der Waals surface area contributed by atoms with Gasteiger partial charge >= 0.3 is 0 Å². The molecule has 1 unspecified atom stereocenters. The van der Waals surface area contributed by atoms with Gasteiger partial charge in [0.2, 0.25) is 0 Å². The van der Waals surface area contributed by atoms with Crippen molar-refractivity contribution >= 4 is 5.96 Å². The first kappa shape index (κ1) is 16.1. The van der Waals surface area contributed by atoms with Crippen LogP contribution in [0.15, 0.2) is 4.99 Å². The van der Waals surface area contributed by atoms with Crippen molar-refractivity contribution in [1.29, 1.82) is 0 Å². The minimum absolute atomic E-state index is 0.406. The van der Waals surface area contributed by atoms with Gasteiger partial charge in [-0.25, -0.2) is 0 Å². The van der Waals surface area contributed by atoms with Crippen LogP contribution in [0.3, 0.4) is 0 Å². The molecule has 3 rings (SSSR count). The molecular weight excluding hydrogens is 278 g/mol. The molecule has 1 aliphatic heterocycles. The predicted octanol–water partition coefficient (Wildman–Crippen LogP) is 1.62. The summed E-state index contributed by atoms with van der Waals surface area (Å²) in [5, 5.41) is 13.4. The first-order valence-corrected chi connectivity index (χ1v) is 9.00. The van der Waals surface area contributed by atoms with Crippen molar-refractivity contribution in [2.45, 2.75) is 51.6 Å². The molecule has 5 nitrogen and oxygen atoms in total. The summed E-state index contributed by atoms with van der Waals surface area (Å²) in [6.07, 6.45) is 7.52. The third-order valence-corrected chi connectivity index (χ3v) is 5.30. The Morgan fingerprint density at radius 3 is 2.82 bits per heavy atom. The Bertz CT molecular complexity index is 391. The van der Waals surface area contributed by atoms with E-state index in [9.17, 15) is 5.11 Å². The van der Waals surface area contributed by atoms with Crippen LogP contribution >= 0.6 is 0 Å². The summed E-state index contributed by atoms with van der Waals surface area (Å²) in [4.78, 5) is 7.01. The second-order valence-corrected chi connectivity index (χ2v) is 7.35. The zero-order valence-electron chi connectivity index (χ0n) is 13.9. The molecule has 2 aliphatic carbocycles. The Balaban J connectivity index is 1.44. The van der Waals surface area contributed by atoms with Crippen LogP contribution in [0.25, 0.3) is 0 Å². The molecule has 0 bridgehead atoms. The predicted molar refractivity (Wildman–Crippen MR) is 88.0 cm³/mol. The Morgan fingerprint density at radius 1 is 1.41 bits per heavy atom. The lowest BCUT2D eigenvalue weighted by Gasteiger charge is -2.38. The summed E-state index contributed by atoms with van der Waals surface area (Å²) in [5.74, 6) is 1.71. The van der Waals surface area contributed by atoms with E-state index >= 15 is 0 Å². The van der Waals surface area contributed by atoms with Gasteiger partial charge in [0.15, 0.2) is 5.96 Å². The highest BCUT2D eigenvalue weighted by atomic mass is 16.5. The molecule has 1 atom stereocenters. The molecule has 1 saturated heterocycles. The van der Waals surface area contributed by atoms with Gasteiger partial charge in [0, 0.05) is 26.2 Å². The molecule has 3 aliphatic rings. The van der Waals surface area contributed by atoms with Crippen LogP contribution in [-0.4, -0.2) is 61.5 Å². The Kier molecular flexibility index (Phi) is 5.24. The zero-order chi connectivity index (χ0) is 15.4. The average molecular weight is 309 g/mol. The molecule has 126 valence electrons. The summed E-state index contributed by atoms with van der Waals surface area (Å²) in [7, 11) is 0. The molecule has 0 radical (unpaired) electrons. The summed E-state index contributed by atoms with van der Waals surface area (Å²) < 4.78 is 5.54. The minimum atomic E-state index is -0.493. The van der Waals surface area contributed by atoms with Crippen molar-refractivity contribution in [2.24, 2.45) is 16.3 Å². The molecule has 0 amide bonds. The third kappa shape index (κ3) is 4.13. The number of nitrogens with zero attached hydrogens (tertiary/aromatic N) is 2. The highest BCUT2D eigenvalue weighted by molar-refractivity contribution is 5.80. The van der Waals surface area contributed by atoms with Gasteiger partial charge in [0.1, 0.15) is 0 Å². The maximum Gasteiger partial charge on any atom is 0.194 e. The van der Waals surface area contributed by atoms with Gasteiger partial charge in [-0.3, -0.25) is 4.99 Å². The molecule has 2 saturated carbocycles. The average Bonchev–Trinajstić information content (AvgIpc) is 3.17. The van der Waals surface area contributed by atoms with E-state index in [0.29, 0.717) is 18.6 Å². The fourth-order valence-electron chi connectivity index (χ4n) is 3.53. The second-order valence-electron chi connectivity index (χ2n) is 7.35. The number of hydrogen-bond donors (Lipinski definition) is 2. The molecule has 22 heavy (non-hydrogen) atoms. The third-order valence-electron chi connectivity index (χ3n) is 5.30. The van der Waals surface area contributed by atoms with E-state index in [1.165, 1.54) is 38.5 Å². The molecule has 0 aromatic heterocycles. The number of ether oxygens (including phenoxy) is 1. The maximum atomic E-state index is 10.0. The first-order valence-electron chi connectivity index (χ1n) is 9.00. The lowest BCUT2D eigenvalue weighted by molar-refractivity contribution is 0.0367. The van der Waals surface area contributed by atoms with Crippen molar-refractivity contribution in [3.8, 4) is 0 Å². The highest BCUT2D eigenvalue weighted by Crippen LogP contribution is 2.47. The minimum Gasteiger partial charge on any atom is -0.389 e. The molecule has 1 heterocycles. The van der Waals surface area contributed by atoms with Crippen molar-refractivity contribution in [2.75, 3.05) is 39.4 Å². The number of aliphatic hydroxyl groups is 1. The highest BCUT2D eigenvalue weighted by Gasteiger charge is 2.43. The van der Waals surface area contributed by atoms with E-state index in [1.54, 1.807) is 0 Å². The Morgan fingerprint density at radius 2 is 2.23 bits per heavy atom. The summed E-state index contributed by atoms with van der Waals surface area (Å²) >= 11 is 0. The molecule has 0 aromatic carbocycles. The van der Waals surface area contributed by atoms with Gasteiger partial charge in [0.05, 0.1) is 19.3 Å². The number of likely N-dealkylation sites (tertiary alicyclic amines) is 1. The van der Waals surface area contributed by atoms with Crippen molar-refractivity contribution in [3.05, 3.63) is 0 Å². The standard InChI is InChI=1S/C17H31N3O2/c1-2-18-16(20-9-8-17(13-20)6-3-7-17)19-10-15(21)12-22-11-14-4-5-14/h14-15,21H,2-13H2,1H3,(H,18,19).